The summed E-state index contributed by atoms with van der Waals surface area (Å²) >= 11 is 9.58. The monoisotopic (exact) mass is 356 g/mol. The quantitative estimate of drug-likeness (QED) is 0.682. The zero-order valence-electron chi connectivity index (χ0n) is 11.6. The Kier molecular flexibility index (Phi) is 5.49. The van der Waals surface area contributed by atoms with Gasteiger partial charge in [-0.25, -0.2) is 0 Å². The highest BCUT2D eigenvalue weighted by Gasteiger charge is 2.07. The van der Waals surface area contributed by atoms with Crippen LogP contribution in [0.3, 0.4) is 0 Å². The number of rotatable bonds is 6. The molecule has 3 nitrogen and oxygen atoms in total. The molecule has 0 N–H and O–H groups in total. The normalized spacial score (nSPS) is 12.4. The summed E-state index contributed by atoms with van der Waals surface area (Å²) in [6.07, 6.45) is 3.05. The summed E-state index contributed by atoms with van der Waals surface area (Å²) in [4.78, 5) is 0. The van der Waals surface area contributed by atoms with Crippen molar-refractivity contribution in [2.45, 2.75) is 38.2 Å². The Bertz CT molecular complexity index is 571. The van der Waals surface area contributed by atoms with Crippen molar-refractivity contribution in [1.29, 1.82) is 0 Å². The minimum absolute atomic E-state index is 0.408. The zero-order chi connectivity index (χ0) is 14.5. The van der Waals surface area contributed by atoms with Gasteiger partial charge in [-0.3, -0.25) is 4.68 Å². The molecule has 1 aromatic carbocycles. The van der Waals surface area contributed by atoms with Gasteiger partial charge in [0, 0.05) is 17.6 Å². The summed E-state index contributed by atoms with van der Waals surface area (Å²) in [6, 6.07) is 8.18. The molecular formula is C15H18BrClN2O. The van der Waals surface area contributed by atoms with Crippen LogP contribution in [0.5, 0.6) is 5.75 Å². The maximum Gasteiger partial charge on any atom is 0.138 e. The van der Waals surface area contributed by atoms with E-state index in [0.29, 0.717) is 23.4 Å². The van der Waals surface area contributed by atoms with E-state index in [0.717, 1.165) is 23.0 Å². The van der Waals surface area contributed by atoms with Crippen molar-refractivity contribution in [2.75, 3.05) is 0 Å². The van der Waals surface area contributed by atoms with E-state index in [1.165, 1.54) is 0 Å². The van der Waals surface area contributed by atoms with Gasteiger partial charge in [-0.05, 0) is 37.1 Å². The smallest absolute Gasteiger partial charge is 0.138 e. The van der Waals surface area contributed by atoms with Gasteiger partial charge in [-0.2, -0.15) is 5.10 Å². The number of ether oxygens (including phenoxy) is 1. The summed E-state index contributed by atoms with van der Waals surface area (Å²) in [5.74, 6) is 0.689. The average molecular weight is 358 g/mol. The fourth-order valence-corrected chi connectivity index (χ4v) is 2.39. The first-order chi connectivity index (χ1) is 9.63. The third kappa shape index (κ3) is 3.76. The Morgan fingerprint density at radius 2 is 2.20 bits per heavy atom. The molecule has 0 bridgehead atoms. The lowest BCUT2D eigenvalue weighted by Crippen LogP contribution is -2.05. The van der Waals surface area contributed by atoms with Gasteiger partial charge in [-0.1, -0.05) is 40.5 Å². The Morgan fingerprint density at radius 3 is 2.85 bits per heavy atom. The van der Waals surface area contributed by atoms with Gasteiger partial charge in [0.05, 0.1) is 10.7 Å². The van der Waals surface area contributed by atoms with E-state index in [-0.39, 0.29) is 0 Å². The number of halogens is 2. The van der Waals surface area contributed by atoms with Crippen molar-refractivity contribution in [3.05, 3.63) is 46.7 Å². The van der Waals surface area contributed by atoms with E-state index < -0.39 is 0 Å². The van der Waals surface area contributed by atoms with Gasteiger partial charge in [0.1, 0.15) is 12.4 Å². The lowest BCUT2D eigenvalue weighted by Gasteiger charge is -2.09. The molecule has 0 fully saturated rings. The van der Waals surface area contributed by atoms with Crippen LogP contribution in [0.25, 0.3) is 0 Å². The number of benzene rings is 1. The SMILES string of the molecule is CCC(C)n1ccc(COc2ccc(CBr)cc2Cl)n1. The lowest BCUT2D eigenvalue weighted by atomic mass is 10.2. The minimum atomic E-state index is 0.408. The molecule has 0 aliphatic carbocycles. The van der Waals surface area contributed by atoms with Crippen LogP contribution in [-0.4, -0.2) is 9.78 Å². The number of hydrogen-bond donors (Lipinski definition) is 0. The molecule has 1 unspecified atom stereocenters. The second kappa shape index (κ2) is 7.14. The van der Waals surface area contributed by atoms with Gasteiger partial charge in [0.25, 0.3) is 0 Å². The average Bonchev–Trinajstić information content (AvgIpc) is 2.94. The predicted octanol–water partition coefficient (Wildman–Crippen LogP) is 4.98. The van der Waals surface area contributed by atoms with Gasteiger partial charge in [-0.15, -0.1) is 0 Å². The van der Waals surface area contributed by atoms with Crippen molar-refractivity contribution < 1.29 is 4.74 Å². The number of aromatic nitrogens is 2. The van der Waals surface area contributed by atoms with E-state index in [2.05, 4.69) is 34.9 Å². The molecule has 108 valence electrons. The second-order valence-corrected chi connectivity index (χ2v) is 5.70. The van der Waals surface area contributed by atoms with Crippen LogP contribution in [0.2, 0.25) is 5.02 Å². The standard InChI is InChI=1S/C15H18BrClN2O/c1-3-11(2)19-7-6-13(18-19)10-20-15-5-4-12(9-16)8-14(15)17/h4-8,11H,3,9-10H2,1-2H3. The first kappa shape index (κ1) is 15.4. The topological polar surface area (TPSA) is 27.1 Å². The van der Waals surface area contributed by atoms with E-state index >= 15 is 0 Å². The van der Waals surface area contributed by atoms with Gasteiger partial charge < -0.3 is 4.74 Å². The van der Waals surface area contributed by atoms with Crippen LogP contribution in [-0.2, 0) is 11.9 Å². The van der Waals surface area contributed by atoms with Crippen LogP contribution in [0.15, 0.2) is 30.5 Å². The molecule has 0 saturated carbocycles. The molecule has 0 amide bonds. The Balaban J connectivity index is 2.00. The summed E-state index contributed by atoms with van der Waals surface area (Å²) in [6.45, 7) is 4.72. The fourth-order valence-electron chi connectivity index (χ4n) is 1.78. The van der Waals surface area contributed by atoms with E-state index in [1.54, 1.807) is 0 Å². The molecule has 1 atom stereocenters. The van der Waals surface area contributed by atoms with Crippen molar-refractivity contribution in [2.24, 2.45) is 0 Å². The molecule has 1 aromatic heterocycles. The van der Waals surface area contributed by atoms with Gasteiger partial charge >= 0.3 is 0 Å². The largest absolute Gasteiger partial charge is 0.486 e. The van der Waals surface area contributed by atoms with Crippen LogP contribution in [0.4, 0.5) is 0 Å². The molecule has 0 aliphatic heterocycles. The van der Waals surface area contributed by atoms with Crippen molar-refractivity contribution in [3.63, 3.8) is 0 Å². The fraction of sp³-hybridized carbons (Fsp3) is 0.400. The molecule has 0 saturated heterocycles. The Morgan fingerprint density at radius 1 is 1.40 bits per heavy atom. The third-order valence-corrected chi connectivity index (χ3v) is 4.17. The van der Waals surface area contributed by atoms with Crippen LogP contribution < -0.4 is 4.74 Å². The number of nitrogens with zero attached hydrogens (tertiary/aromatic N) is 2. The van der Waals surface area contributed by atoms with E-state index in [1.807, 2.05) is 35.1 Å². The van der Waals surface area contributed by atoms with Crippen LogP contribution >= 0.6 is 27.5 Å². The summed E-state index contributed by atoms with van der Waals surface area (Å²) in [5.41, 5.74) is 2.04. The van der Waals surface area contributed by atoms with Crippen LogP contribution in [0, 0.1) is 0 Å². The molecule has 0 radical (unpaired) electrons. The van der Waals surface area contributed by atoms with E-state index in [9.17, 15) is 0 Å². The third-order valence-electron chi connectivity index (χ3n) is 3.23. The Labute approximate surface area is 133 Å². The summed E-state index contributed by atoms with van der Waals surface area (Å²) in [7, 11) is 0. The van der Waals surface area contributed by atoms with Crippen LogP contribution in [0.1, 0.15) is 37.6 Å². The molecule has 5 heteroatoms. The first-order valence-corrected chi connectivity index (χ1v) is 8.15. The molecule has 0 aliphatic rings. The molecule has 0 spiro atoms. The molecule has 20 heavy (non-hydrogen) atoms. The highest BCUT2D eigenvalue weighted by Crippen LogP contribution is 2.27. The highest BCUT2D eigenvalue weighted by atomic mass is 79.9. The lowest BCUT2D eigenvalue weighted by molar-refractivity contribution is 0.298. The van der Waals surface area contributed by atoms with Crippen molar-refractivity contribution >= 4 is 27.5 Å². The summed E-state index contributed by atoms with van der Waals surface area (Å²) in [5, 5.41) is 5.91. The molecule has 2 aromatic rings. The van der Waals surface area contributed by atoms with Gasteiger partial charge in [0.15, 0.2) is 0 Å². The van der Waals surface area contributed by atoms with Gasteiger partial charge in [0.2, 0.25) is 0 Å². The molecule has 2 rings (SSSR count). The zero-order valence-corrected chi connectivity index (χ0v) is 14.0. The van der Waals surface area contributed by atoms with Crippen molar-refractivity contribution in [3.8, 4) is 5.75 Å². The number of alkyl halides is 1. The predicted molar refractivity (Wildman–Crippen MR) is 85.6 cm³/mol. The molecule has 1 heterocycles. The minimum Gasteiger partial charge on any atom is -0.486 e. The van der Waals surface area contributed by atoms with Crippen molar-refractivity contribution in [1.82, 2.24) is 9.78 Å². The number of hydrogen-bond acceptors (Lipinski definition) is 2. The second-order valence-electron chi connectivity index (χ2n) is 4.73. The first-order valence-electron chi connectivity index (χ1n) is 6.65. The molecular weight excluding hydrogens is 340 g/mol. The highest BCUT2D eigenvalue weighted by molar-refractivity contribution is 9.08. The maximum absolute atomic E-state index is 6.18. The van der Waals surface area contributed by atoms with E-state index in [4.69, 9.17) is 16.3 Å². The Hall–Kier alpha value is -1.00. The maximum atomic E-state index is 6.18. The summed E-state index contributed by atoms with van der Waals surface area (Å²) < 4.78 is 7.69.